The van der Waals surface area contributed by atoms with Gasteiger partial charge >= 0.3 is 6.03 Å². The summed E-state index contributed by atoms with van der Waals surface area (Å²) in [5.41, 5.74) is 7.99. The summed E-state index contributed by atoms with van der Waals surface area (Å²) in [6, 6.07) is 17.2. The molecule has 0 radical (unpaired) electrons. The number of amides is 2. The summed E-state index contributed by atoms with van der Waals surface area (Å²) in [6.07, 6.45) is 0.776. The van der Waals surface area contributed by atoms with Crippen molar-refractivity contribution in [3.63, 3.8) is 0 Å². The van der Waals surface area contributed by atoms with E-state index in [1.54, 1.807) is 12.1 Å². The molecule has 6 rings (SSSR count). The number of hydrogen-bond acceptors (Lipinski definition) is 5. The van der Waals surface area contributed by atoms with Crippen molar-refractivity contribution in [1.29, 1.82) is 0 Å². The number of hydrogen-bond donors (Lipinski definition) is 2. The Bertz CT molecular complexity index is 1370. The fourth-order valence-corrected chi connectivity index (χ4v) is 4.66. The third kappa shape index (κ3) is 4.01. The monoisotopic (exact) mass is 473 g/mol. The Hall–Kier alpha value is -4.20. The number of carbonyl (C=O) groups is 1. The average molecular weight is 474 g/mol. The number of halogens is 1. The van der Waals surface area contributed by atoms with Crippen LogP contribution in [0.4, 0.5) is 14.9 Å². The lowest BCUT2D eigenvalue weighted by Gasteiger charge is -2.19. The summed E-state index contributed by atoms with van der Waals surface area (Å²) in [7, 11) is 0. The highest BCUT2D eigenvalue weighted by molar-refractivity contribution is 5.98. The molecule has 0 spiro atoms. The molecule has 0 bridgehead atoms. The number of nitrogens with one attached hydrogen (secondary N) is 2. The summed E-state index contributed by atoms with van der Waals surface area (Å²) in [4.78, 5) is 13.2. The summed E-state index contributed by atoms with van der Waals surface area (Å²) in [5, 5.41) is 4.48. The lowest BCUT2D eigenvalue weighted by molar-refractivity contribution is 0.138. The summed E-state index contributed by atoms with van der Waals surface area (Å²) in [5.74, 6) is 1.84. The molecule has 3 aromatic rings. The Balaban J connectivity index is 1.27. The number of anilines is 1. The summed E-state index contributed by atoms with van der Waals surface area (Å²) >= 11 is 0. The first-order valence-electron chi connectivity index (χ1n) is 11.4. The van der Waals surface area contributed by atoms with Crippen molar-refractivity contribution < 1.29 is 23.4 Å². The van der Waals surface area contributed by atoms with Crippen LogP contribution in [-0.2, 0) is 6.42 Å². The molecule has 0 unspecified atom stereocenters. The topological polar surface area (TPSA) is 72.1 Å². The van der Waals surface area contributed by atoms with Gasteiger partial charge in [0.15, 0.2) is 11.5 Å². The molecule has 7 nitrogen and oxygen atoms in total. The predicted octanol–water partition coefficient (Wildman–Crippen LogP) is 5.19. The van der Waals surface area contributed by atoms with Gasteiger partial charge in [-0.25, -0.2) is 14.2 Å². The molecule has 2 N–H and O–H groups in total. The normalized spacial score (nSPS) is 17.2. The van der Waals surface area contributed by atoms with E-state index in [1.807, 2.05) is 50.2 Å². The molecule has 0 saturated heterocycles. The zero-order valence-corrected chi connectivity index (χ0v) is 19.4. The molecule has 0 atom stereocenters. The molecule has 0 aromatic heterocycles. The van der Waals surface area contributed by atoms with E-state index in [1.165, 1.54) is 17.1 Å². The van der Waals surface area contributed by atoms with Crippen molar-refractivity contribution in [3.8, 4) is 17.2 Å². The zero-order valence-electron chi connectivity index (χ0n) is 19.4. The largest absolute Gasteiger partial charge is 0.487 e. The van der Waals surface area contributed by atoms with Crippen molar-refractivity contribution >= 4 is 23.0 Å². The molecule has 3 heterocycles. The molecule has 3 aliphatic heterocycles. The molecular weight excluding hydrogens is 449 g/mol. The van der Waals surface area contributed by atoms with Gasteiger partial charge in [0.2, 0.25) is 6.79 Å². The van der Waals surface area contributed by atoms with Crippen molar-refractivity contribution in [2.24, 2.45) is 0 Å². The van der Waals surface area contributed by atoms with Crippen LogP contribution in [0.3, 0.4) is 0 Å². The van der Waals surface area contributed by atoms with Gasteiger partial charge in [0, 0.05) is 28.8 Å². The van der Waals surface area contributed by atoms with Gasteiger partial charge in [-0.1, -0.05) is 12.1 Å². The Kier molecular flexibility index (Phi) is 4.84. The number of hydrazine groups is 1. The van der Waals surface area contributed by atoms with Crippen molar-refractivity contribution in [1.82, 2.24) is 10.4 Å². The maximum atomic E-state index is 13.6. The van der Waals surface area contributed by atoms with E-state index in [2.05, 4.69) is 10.7 Å². The maximum absolute atomic E-state index is 13.6. The second kappa shape index (κ2) is 7.94. The van der Waals surface area contributed by atoms with Crippen LogP contribution in [0.1, 0.15) is 30.5 Å². The van der Waals surface area contributed by atoms with Gasteiger partial charge in [0.25, 0.3) is 0 Å². The molecule has 35 heavy (non-hydrogen) atoms. The quantitative estimate of drug-likeness (QED) is 0.548. The van der Waals surface area contributed by atoms with Crippen LogP contribution in [0.15, 0.2) is 60.7 Å². The molecule has 3 aromatic carbocycles. The summed E-state index contributed by atoms with van der Waals surface area (Å²) < 4.78 is 30.5. The average Bonchev–Trinajstić information content (AvgIpc) is 3.54. The number of nitrogens with zero attached hydrogens (tertiary/aromatic N) is 1. The first-order valence-corrected chi connectivity index (χ1v) is 11.4. The predicted molar refractivity (Wildman–Crippen MR) is 129 cm³/mol. The van der Waals surface area contributed by atoms with Crippen LogP contribution >= 0.6 is 0 Å². The van der Waals surface area contributed by atoms with Crippen molar-refractivity contribution in [2.45, 2.75) is 25.9 Å². The Morgan fingerprint density at radius 1 is 0.971 bits per heavy atom. The van der Waals surface area contributed by atoms with E-state index in [0.717, 1.165) is 40.1 Å². The maximum Gasteiger partial charge on any atom is 0.340 e. The minimum Gasteiger partial charge on any atom is -0.487 e. The molecule has 178 valence electrons. The third-order valence-electron chi connectivity index (χ3n) is 6.28. The van der Waals surface area contributed by atoms with Crippen LogP contribution in [0.5, 0.6) is 17.2 Å². The standard InChI is InChI=1S/C27H24FN3O4/c1-27(2)13-18-11-20(8-10-22(18)35-27)29-26(32)31-14-21(16-3-6-19(28)7-4-16)25(30-31)17-5-9-23-24(12-17)34-15-33-23/h3-12,30H,13-15H2,1-2H3,(H,29,32). The van der Waals surface area contributed by atoms with Crippen LogP contribution < -0.4 is 25.0 Å². The van der Waals surface area contributed by atoms with Crippen LogP contribution in [0.2, 0.25) is 0 Å². The second-order valence-electron chi connectivity index (χ2n) is 9.42. The Morgan fingerprint density at radius 3 is 2.54 bits per heavy atom. The van der Waals surface area contributed by atoms with E-state index in [0.29, 0.717) is 23.7 Å². The number of urea groups is 1. The van der Waals surface area contributed by atoms with Crippen LogP contribution in [0, 0.1) is 5.82 Å². The Morgan fingerprint density at radius 2 is 1.71 bits per heavy atom. The fraction of sp³-hybridized carbons (Fsp3) is 0.222. The minimum atomic E-state index is -0.316. The minimum absolute atomic E-state index is 0.174. The van der Waals surface area contributed by atoms with Crippen molar-refractivity contribution in [3.05, 3.63) is 83.2 Å². The number of ether oxygens (including phenoxy) is 3. The van der Waals surface area contributed by atoms with E-state index in [-0.39, 0.29) is 24.2 Å². The Labute approximate surface area is 202 Å². The third-order valence-corrected chi connectivity index (χ3v) is 6.28. The highest BCUT2D eigenvalue weighted by Gasteiger charge is 2.31. The molecular formula is C27H24FN3O4. The molecule has 0 aliphatic carbocycles. The van der Waals surface area contributed by atoms with Gasteiger partial charge in [-0.15, -0.1) is 0 Å². The SMILES string of the molecule is CC1(C)Cc2cc(NC(=O)N3CC(c4ccc(F)cc4)=C(c4ccc5c(c4)OCO5)N3)ccc2O1. The van der Waals surface area contributed by atoms with Gasteiger partial charge in [-0.3, -0.25) is 5.43 Å². The molecule has 3 aliphatic rings. The summed E-state index contributed by atoms with van der Waals surface area (Å²) in [6.45, 7) is 4.55. The fourth-order valence-electron chi connectivity index (χ4n) is 4.66. The number of fused-ring (bicyclic) bond motifs is 2. The molecule has 0 saturated carbocycles. The lowest BCUT2D eigenvalue weighted by atomic mass is 10.0. The van der Waals surface area contributed by atoms with E-state index >= 15 is 0 Å². The van der Waals surface area contributed by atoms with Gasteiger partial charge in [0.1, 0.15) is 17.2 Å². The number of carbonyl (C=O) groups excluding carboxylic acids is 1. The van der Waals surface area contributed by atoms with Gasteiger partial charge < -0.3 is 19.5 Å². The van der Waals surface area contributed by atoms with E-state index in [9.17, 15) is 9.18 Å². The first-order chi connectivity index (χ1) is 16.8. The first kappa shape index (κ1) is 21.3. The highest BCUT2D eigenvalue weighted by Crippen LogP contribution is 2.38. The van der Waals surface area contributed by atoms with Gasteiger partial charge in [0.05, 0.1) is 12.2 Å². The van der Waals surface area contributed by atoms with E-state index < -0.39 is 0 Å². The zero-order chi connectivity index (χ0) is 24.2. The number of rotatable bonds is 3. The second-order valence-corrected chi connectivity index (χ2v) is 9.42. The highest BCUT2D eigenvalue weighted by atomic mass is 19.1. The number of benzene rings is 3. The molecule has 8 heteroatoms. The van der Waals surface area contributed by atoms with Gasteiger partial charge in [-0.05, 0) is 67.9 Å². The molecule has 0 fully saturated rings. The molecule has 2 amide bonds. The van der Waals surface area contributed by atoms with Gasteiger partial charge in [-0.2, -0.15) is 0 Å². The van der Waals surface area contributed by atoms with Crippen molar-refractivity contribution in [2.75, 3.05) is 18.7 Å². The lowest BCUT2D eigenvalue weighted by Crippen LogP contribution is -2.40. The smallest absolute Gasteiger partial charge is 0.340 e. The van der Waals surface area contributed by atoms with Crippen LogP contribution in [-0.4, -0.2) is 30.0 Å². The van der Waals surface area contributed by atoms with Crippen LogP contribution in [0.25, 0.3) is 11.3 Å². The van der Waals surface area contributed by atoms with E-state index in [4.69, 9.17) is 14.2 Å².